The molecule has 0 radical (unpaired) electrons. The Morgan fingerprint density at radius 3 is 2.90 bits per heavy atom. The van der Waals surface area contributed by atoms with Crippen molar-refractivity contribution >= 4 is 55.4 Å². The average molecular weight is 440 g/mol. The molecule has 150 valence electrons. The van der Waals surface area contributed by atoms with Crippen LogP contribution in [0.1, 0.15) is 0 Å². The van der Waals surface area contributed by atoms with Crippen LogP contribution in [0.15, 0.2) is 41.6 Å². The van der Waals surface area contributed by atoms with E-state index in [0.717, 1.165) is 16.5 Å². The molecule has 0 bridgehead atoms. The van der Waals surface area contributed by atoms with Crippen molar-refractivity contribution in [2.75, 3.05) is 12.4 Å². The molecule has 0 aliphatic heterocycles. The predicted molar refractivity (Wildman–Crippen MR) is 117 cm³/mol. The minimum absolute atomic E-state index is 0.141. The van der Waals surface area contributed by atoms with Gasteiger partial charge in [-0.15, -0.1) is 10.2 Å². The van der Waals surface area contributed by atoms with E-state index in [0.29, 0.717) is 37.5 Å². The molecule has 0 atom stereocenters. The molecule has 5 rings (SSSR count). The van der Waals surface area contributed by atoms with Crippen LogP contribution in [-0.4, -0.2) is 37.1 Å². The number of nitrogens with one attached hydrogen (secondary N) is 2. The zero-order valence-corrected chi connectivity index (χ0v) is 17.4. The molecule has 0 saturated heterocycles. The lowest BCUT2D eigenvalue weighted by molar-refractivity contribution is 0.398. The summed E-state index contributed by atoms with van der Waals surface area (Å²) in [5.41, 5.74) is 2.16. The van der Waals surface area contributed by atoms with Gasteiger partial charge in [-0.1, -0.05) is 22.9 Å². The van der Waals surface area contributed by atoms with E-state index in [4.69, 9.17) is 16.3 Å². The molecule has 11 heteroatoms. The number of benzene rings is 1. The van der Waals surface area contributed by atoms with Crippen LogP contribution in [-0.2, 0) is 7.05 Å². The maximum atomic E-state index is 12.6. The minimum Gasteiger partial charge on any atom is -0.481 e. The second-order valence-electron chi connectivity index (χ2n) is 6.53. The molecule has 0 unspecified atom stereocenters. The largest absolute Gasteiger partial charge is 0.481 e. The van der Waals surface area contributed by atoms with Crippen LogP contribution in [0.5, 0.6) is 5.88 Å². The summed E-state index contributed by atoms with van der Waals surface area (Å²) in [6.45, 7) is 0. The number of methoxy groups -OCH3 is 1. The van der Waals surface area contributed by atoms with Crippen molar-refractivity contribution in [3.05, 3.63) is 52.2 Å². The highest BCUT2D eigenvalue weighted by molar-refractivity contribution is 7.18. The number of hydrogen-bond donors (Lipinski definition) is 2. The Morgan fingerprint density at radius 2 is 2.07 bits per heavy atom. The van der Waals surface area contributed by atoms with Crippen LogP contribution < -0.4 is 15.6 Å². The molecule has 0 amide bonds. The first kappa shape index (κ1) is 18.5. The van der Waals surface area contributed by atoms with Crippen LogP contribution >= 0.6 is 22.9 Å². The first-order chi connectivity index (χ1) is 14.5. The van der Waals surface area contributed by atoms with Crippen molar-refractivity contribution in [1.29, 1.82) is 0 Å². The first-order valence-electron chi connectivity index (χ1n) is 8.81. The van der Waals surface area contributed by atoms with Crippen molar-refractivity contribution in [2.24, 2.45) is 7.05 Å². The van der Waals surface area contributed by atoms with Gasteiger partial charge in [-0.05, 0) is 12.1 Å². The standard InChI is InChI=1S/C19H14ClN7O2S/c1-27-8-12(10-6-21-15(29-2)5-9(10)18(27)28)17-25-26-19(30-17)23-14-4-3-13-11(16(14)20)7-22-24-13/h3-8H,1-2H3,(H,22,24)(H,23,26). The Morgan fingerprint density at radius 1 is 1.20 bits per heavy atom. The highest BCUT2D eigenvalue weighted by atomic mass is 35.5. The molecule has 2 N–H and O–H groups in total. The highest BCUT2D eigenvalue weighted by Crippen LogP contribution is 2.35. The lowest BCUT2D eigenvalue weighted by Crippen LogP contribution is -2.16. The monoisotopic (exact) mass is 439 g/mol. The molecule has 0 aliphatic carbocycles. The third kappa shape index (κ3) is 2.97. The van der Waals surface area contributed by atoms with Crippen molar-refractivity contribution in [1.82, 2.24) is 29.9 Å². The van der Waals surface area contributed by atoms with Gasteiger partial charge in [0, 0.05) is 41.8 Å². The fourth-order valence-corrected chi connectivity index (χ4v) is 4.24. The Bertz CT molecular complexity index is 1470. The topological polar surface area (TPSA) is 111 Å². The van der Waals surface area contributed by atoms with E-state index in [1.54, 1.807) is 31.7 Å². The lowest BCUT2D eigenvalue weighted by Gasteiger charge is -2.08. The first-order valence-corrected chi connectivity index (χ1v) is 10.0. The number of rotatable bonds is 4. The van der Waals surface area contributed by atoms with E-state index in [-0.39, 0.29) is 5.56 Å². The number of aromatic amines is 1. The highest BCUT2D eigenvalue weighted by Gasteiger charge is 2.16. The van der Waals surface area contributed by atoms with E-state index < -0.39 is 0 Å². The molecule has 0 aliphatic rings. The number of halogens is 1. The zero-order chi connectivity index (χ0) is 20.8. The van der Waals surface area contributed by atoms with E-state index in [2.05, 4.69) is 30.7 Å². The maximum Gasteiger partial charge on any atom is 0.258 e. The van der Waals surface area contributed by atoms with Gasteiger partial charge in [-0.2, -0.15) is 5.10 Å². The number of anilines is 2. The summed E-state index contributed by atoms with van der Waals surface area (Å²) < 4.78 is 6.66. The molecule has 5 aromatic rings. The van der Waals surface area contributed by atoms with Crippen LogP contribution in [0, 0.1) is 0 Å². The number of nitrogens with zero attached hydrogens (tertiary/aromatic N) is 5. The lowest BCUT2D eigenvalue weighted by atomic mass is 10.1. The van der Waals surface area contributed by atoms with E-state index in [1.165, 1.54) is 23.0 Å². The van der Waals surface area contributed by atoms with Gasteiger partial charge in [0.2, 0.25) is 11.0 Å². The molecule has 9 nitrogen and oxygen atoms in total. The molecule has 4 aromatic heterocycles. The van der Waals surface area contributed by atoms with Crippen molar-refractivity contribution in [3.63, 3.8) is 0 Å². The summed E-state index contributed by atoms with van der Waals surface area (Å²) in [6, 6.07) is 5.36. The zero-order valence-electron chi connectivity index (χ0n) is 15.8. The Balaban J connectivity index is 1.56. The number of aryl methyl sites for hydroxylation is 1. The van der Waals surface area contributed by atoms with Crippen molar-refractivity contribution in [3.8, 4) is 16.5 Å². The van der Waals surface area contributed by atoms with Gasteiger partial charge >= 0.3 is 0 Å². The fourth-order valence-electron chi connectivity index (χ4n) is 3.20. The van der Waals surface area contributed by atoms with Gasteiger partial charge in [0.25, 0.3) is 5.56 Å². The molecular weight excluding hydrogens is 426 g/mol. The molecule has 0 fully saturated rings. The Hall–Kier alpha value is -3.50. The predicted octanol–water partition coefficient (Wildman–Crippen LogP) is 3.73. The van der Waals surface area contributed by atoms with Gasteiger partial charge in [0.05, 0.1) is 34.9 Å². The van der Waals surface area contributed by atoms with Crippen molar-refractivity contribution < 1.29 is 4.74 Å². The Kier molecular flexibility index (Phi) is 4.37. The summed E-state index contributed by atoms with van der Waals surface area (Å²) in [6.07, 6.45) is 5.02. The Labute approximate surface area is 178 Å². The number of H-pyrrole nitrogens is 1. The molecule has 30 heavy (non-hydrogen) atoms. The third-order valence-electron chi connectivity index (χ3n) is 4.71. The molecular formula is C19H14ClN7O2S. The van der Waals surface area contributed by atoms with Gasteiger partial charge in [-0.25, -0.2) is 4.98 Å². The van der Waals surface area contributed by atoms with Gasteiger partial charge in [-0.3, -0.25) is 9.89 Å². The molecule has 0 spiro atoms. The molecule has 4 heterocycles. The smallest absolute Gasteiger partial charge is 0.258 e. The summed E-state index contributed by atoms with van der Waals surface area (Å²) in [5, 5.41) is 22.4. The number of fused-ring (bicyclic) bond motifs is 2. The summed E-state index contributed by atoms with van der Waals surface area (Å²) in [5.74, 6) is 0.376. The van der Waals surface area contributed by atoms with Gasteiger partial charge in [0.15, 0.2) is 5.01 Å². The number of aromatic nitrogens is 6. The minimum atomic E-state index is -0.141. The van der Waals surface area contributed by atoms with Crippen LogP contribution in [0.25, 0.3) is 32.2 Å². The second-order valence-corrected chi connectivity index (χ2v) is 7.88. The molecule has 1 aromatic carbocycles. The molecule has 0 saturated carbocycles. The fraction of sp³-hybridized carbons (Fsp3) is 0.105. The van der Waals surface area contributed by atoms with Crippen LogP contribution in [0.4, 0.5) is 10.8 Å². The number of hydrogen-bond acceptors (Lipinski definition) is 8. The van der Waals surface area contributed by atoms with Gasteiger partial charge < -0.3 is 14.6 Å². The van der Waals surface area contributed by atoms with Crippen LogP contribution in [0.2, 0.25) is 5.02 Å². The normalized spacial score (nSPS) is 11.3. The van der Waals surface area contributed by atoms with E-state index >= 15 is 0 Å². The summed E-state index contributed by atoms with van der Waals surface area (Å²) in [7, 11) is 3.20. The SMILES string of the molecule is COc1cc2c(=O)n(C)cc(-c3nnc(Nc4ccc5[nH]ncc5c4Cl)s3)c2cn1. The number of pyridine rings is 2. The quantitative estimate of drug-likeness (QED) is 0.439. The summed E-state index contributed by atoms with van der Waals surface area (Å²) in [4.78, 5) is 16.8. The van der Waals surface area contributed by atoms with E-state index in [9.17, 15) is 4.79 Å². The second kappa shape index (κ2) is 7.08. The number of ether oxygens (including phenoxy) is 1. The van der Waals surface area contributed by atoms with E-state index in [1.807, 2.05) is 12.1 Å². The summed E-state index contributed by atoms with van der Waals surface area (Å²) >= 11 is 7.82. The van der Waals surface area contributed by atoms with Crippen molar-refractivity contribution in [2.45, 2.75) is 0 Å². The van der Waals surface area contributed by atoms with Gasteiger partial charge in [0.1, 0.15) is 0 Å². The third-order valence-corrected chi connectivity index (χ3v) is 5.99. The average Bonchev–Trinajstić information content (AvgIpc) is 3.42. The van der Waals surface area contributed by atoms with Crippen LogP contribution in [0.3, 0.4) is 0 Å². The maximum absolute atomic E-state index is 12.6.